The molecule has 2 aliphatic heterocycles. The molecule has 0 radical (unpaired) electrons. The number of nitrogens with zero attached hydrogens (tertiary/aromatic N) is 2. The molecule has 2 saturated heterocycles. The number of ether oxygens (including phenoxy) is 4. The van der Waals surface area contributed by atoms with Crippen molar-refractivity contribution in [1.82, 2.24) is 15.2 Å². The van der Waals surface area contributed by atoms with E-state index in [1.807, 2.05) is 6.92 Å². The van der Waals surface area contributed by atoms with E-state index in [-0.39, 0.29) is 18.9 Å². The van der Waals surface area contributed by atoms with Crippen molar-refractivity contribution in [3.63, 3.8) is 0 Å². The van der Waals surface area contributed by atoms with Crippen molar-refractivity contribution in [2.45, 2.75) is 70.7 Å². The van der Waals surface area contributed by atoms with Crippen molar-refractivity contribution in [1.29, 1.82) is 0 Å². The Kier molecular flexibility index (Phi) is 9.25. The number of carboxylic acid groups (broad SMARTS) is 1. The number of rotatable bonds is 8. The SMILES string of the molecule is CCOc1cc(OC2C[C@@H](C(=O)O)N(C(=O)C(NC(=O)OC(C)(C)C)C3CCOCC3)C2)c2cccc(Cl)c2n1. The van der Waals surface area contributed by atoms with E-state index in [1.54, 1.807) is 45.0 Å². The fourth-order valence-electron chi connectivity index (χ4n) is 5.06. The molecule has 0 saturated carbocycles. The van der Waals surface area contributed by atoms with Gasteiger partial charge in [-0.2, -0.15) is 0 Å². The number of likely N-dealkylation sites (tertiary alicyclic amines) is 1. The molecule has 12 heteroatoms. The van der Waals surface area contributed by atoms with Crippen molar-refractivity contribution >= 4 is 40.5 Å². The van der Waals surface area contributed by atoms with E-state index >= 15 is 0 Å². The van der Waals surface area contributed by atoms with E-state index in [0.29, 0.717) is 60.2 Å². The lowest BCUT2D eigenvalue weighted by atomic mass is 9.90. The van der Waals surface area contributed by atoms with E-state index in [0.717, 1.165) is 0 Å². The average Bonchev–Trinajstić information content (AvgIpc) is 3.31. The molecule has 1 aromatic heterocycles. The van der Waals surface area contributed by atoms with Gasteiger partial charge >= 0.3 is 12.1 Å². The maximum Gasteiger partial charge on any atom is 0.408 e. The standard InChI is InChI=1S/C28H36ClN3O8/c1-5-38-22-14-21(18-7-6-8-19(29)24(18)30-22)39-17-13-20(26(34)35)32(15-17)25(33)23(16-9-11-37-12-10-16)31-27(36)40-28(2,3)4/h6-8,14,16-17,20,23H,5,9-13,15H2,1-4H3,(H,31,36)(H,34,35)/t17?,20-,23?/m0/s1. The van der Waals surface area contributed by atoms with Gasteiger partial charge in [-0.25, -0.2) is 14.6 Å². The van der Waals surface area contributed by atoms with Gasteiger partial charge in [-0.15, -0.1) is 0 Å². The summed E-state index contributed by atoms with van der Waals surface area (Å²) in [5.74, 6) is -1.13. The highest BCUT2D eigenvalue weighted by Crippen LogP contribution is 2.35. The molecule has 2 unspecified atom stereocenters. The summed E-state index contributed by atoms with van der Waals surface area (Å²) in [5, 5.41) is 13.8. The second-order valence-electron chi connectivity index (χ2n) is 10.9. The van der Waals surface area contributed by atoms with Crippen LogP contribution in [0.2, 0.25) is 5.02 Å². The number of aromatic nitrogens is 1. The van der Waals surface area contributed by atoms with Crippen LogP contribution in [0.15, 0.2) is 24.3 Å². The Bertz CT molecular complexity index is 1240. The summed E-state index contributed by atoms with van der Waals surface area (Å²) in [7, 11) is 0. The van der Waals surface area contributed by atoms with Crippen molar-refractivity contribution in [2.75, 3.05) is 26.4 Å². The molecule has 2 N–H and O–H groups in total. The molecule has 2 aliphatic rings. The third-order valence-corrected chi connectivity index (χ3v) is 7.13. The highest BCUT2D eigenvalue weighted by atomic mass is 35.5. The first-order valence-electron chi connectivity index (χ1n) is 13.5. The van der Waals surface area contributed by atoms with Gasteiger partial charge in [-0.3, -0.25) is 4.79 Å². The van der Waals surface area contributed by atoms with Crippen LogP contribution in [-0.2, 0) is 19.1 Å². The molecule has 0 aliphatic carbocycles. The maximum atomic E-state index is 13.9. The summed E-state index contributed by atoms with van der Waals surface area (Å²) >= 11 is 6.38. The molecular weight excluding hydrogens is 542 g/mol. The molecular formula is C28H36ClN3O8. The molecule has 218 valence electrons. The zero-order chi connectivity index (χ0) is 29.0. The number of aliphatic carboxylic acids is 1. The summed E-state index contributed by atoms with van der Waals surface area (Å²) in [5.41, 5.74) is -0.271. The maximum absolute atomic E-state index is 13.9. The first kappa shape index (κ1) is 29.7. The molecule has 3 heterocycles. The fourth-order valence-corrected chi connectivity index (χ4v) is 5.28. The number of hydrogen-bond donors (Lipinski definition) is 2. The van der Waals surface area contributed by atoms with Crippen LogP contribution in [0.1, 0.15) is 47.0 Å². The fraction of sp³-hybridized carbons (Fsp3) is 0.571. The summed E-state index contributed by atoms with van der Waals surface area (Å²) in [6.07, 6.45) is -0.230. The Morgan fingerprint density at radius 2 is 1.98 bits per heavy atom. The zero-order valence-electron chi connectivity index (χ0n) is 23.1. The second kappa shape index (κ2) is 12.5. The lowest BCUT2D eigenvalue weighted by molar-refractivity contribution is -0.150. The number of carboxylic acids is 1. The smallest absolute Gasteiger partial charge is 0.408 e. The van der Waals surface area contributed by atoms with Gasteiger partial charge in [0.05, 0.1) is 23.7 Å². The van der Waals surface area contributed by atoms with Gasteiger partial charge in [-0.05, 0) is 58.6 Å². The van der Waals surface area contributed by atoms with Crippen molar-refractivity contribution in [3.05, 3.63) is 29.3 Å². The van der Waals surface area contributed by atoms with Crippen molar-refractivity contribution < 1.29 is 38.4 Å². The van der Waals surface area contributed by atoms with Gasteiger partial charge in [0.25, 0.3) is 0 Å². The number of amides is 2. The molecule has 3 atom stereocenters. The van der Waals surface area contributed by atoms with Crippen LogP contribution < -0.4 is 14.8 Å². The second-order valence-corrected chi connectivity index (χ2v) is 11.3. The highest BCUT2D eigenvalue weighted by Gasteiger charge is 2.45. The Morgan fingerprint density at radius 3 is 2.62 bits per heavy atom. The number of carbonyl (C=O) groups excluding carboxylic acids is 2. The van der Waals surface area contributed by atoms with Gasteiger partial charge in [0, 0.05) is 31.1 Å². The number of carbonyl (C=O) groups is 3. The number of benzene rings is 1. The third-order valence-electron chi connectivity index (χ3n) is 6.82. The predicted molar refractivity (Wildman–Crippen MR) is 147 cm³/mol. The third kappa shape index (κ3) is 7.06. The summed E-state index contributed by atoms with van der Waals surface area (Å²) in [4.78, 5) is 44.6. The number of hydrogen-bond acceptors (Lipinski definition) is 8. The normalized spacial score (nSPS) is 20.7. The molecule has 2 aromatic rings. The number of halogens is 1. The van der Waals surface area contributed by atoms with Crippen LogP contribution in [0.5, 0.6) is 11.6 Å². The van der Waals surface area contributed by atoms with Gasteiger partial charge in [0.2, 0.25) is 11.8 Å². The summed E-state index contributed by atoms with van der Waals surface area (Å²) in [6, 6.07) is 4.81. The average molecular weight is 578 g/mol. The lowest BCUT2D eigenvalue weighted by Crippen LogP contribution is -2.56. The van der Waals surface area contributed by atoms with E-state index in [4.69, 9.17) is 30.5 Å². The number of fused-ring (bicyclic) bond motifs is 1. The number of alkyl carbamates (subject to hydrolysis) is 1. The molecule has 0 spiro atoms. The van der Waals surface area contributed by atoms with Gasteiger partial charge < -0.3 is 34.3 Å². The largest absolute Gasteiger partial charge is 0.488 e. The van der Waals surface area contributed by atoms with Crippen LogP contribution in [0, 0.1) is 5.92 Å². The Morgan fingerprint density at radius 1 is 1.25 bits per heavy atom. The van der Waals surface area contributed by atoms with Crippen LogP contribution in [-0.4, -0.2) is 83.1 Å². The number of pyridine rings is 1. The van der Waals surface area contributed by atoms with E-state index in [9.17, 15) is 19.5 Å². The van der Waals surface area contributed by atoms with E-state index in [2.05, 4.69) is 10.3 Å². The Balaban J connectivity index is 1.59. The first-order chi connectivity index (χ1) is 19.0. The lowest BCUT2D eigenvalue weighted by Gasteiger charge is -2.34. The van der Waals surface area contributed by atoms with Crippen LogP contribution in [0.4, 0.5) is 4.79 Å². The zero-order valence-corrected chi connectivity index (χ0v) is 23.9. The molecule has 4 rings (SSSR count). The van der Waals surface area contributed by atoms with Gasteiger partial charge in [0.1, 0.15) is 29.5 Å². The van der Waals surface area contributed by atoms with Crippen molar-refractivity contribution in [3.8, 4) is 11.6 Å². The monoisotopic (exact) mass is 577 g/mol. The van der Waals surface area contributed by atoms with Gasteiger partial charge in [0.15, 0.2) is 0 Å². The van der Waals surface area contributed by atoms with E-state index in [1.165, 1.54) is 4.90 Å². The van der Waals surface area contributed by atoms with Crippen LogP contribution in [0.3, 0.4) is 0 Å². The molecule has 0 bridgehead atoms. The van der Waals surface area contributed by atoms with Gasteiger partial charge in [-0.1, -0.05) is 17.7 Å². The molecule has 2 amide bonds. The van der Waals surface area contributed by atoms with Crippen molar-refractivity contribution in [2.24, 2.45) is 5.92 Å². The Labute approximate surface area is 238 Å². The predicted octanol–water partition coefficient (Wildman–Crippen LogP) is 4.04. The Hall–Kier alpha value is -3.31. The minimum atomic E-state index is -1.15. The van der Waals surface area contributed by atoms with Crippen LogP contribution >= 0.6 is 11.6 Å². The number of para-hydroxylation sites is 1. The summed E-state index contributed by atoms with van der Waals surface area (Å²) < 4.78 is 22.7. The minimum absolute atomic E-state index is 0.0138. The summed E-state index contributed by atoms with van der Waals surface area (Å²) in [6.45, 7) is 8.30. The number of nitrogens with one attached hydrogen (secondary N) is 1. The molecule has 40 heavy (non-hydrogen) atoms. The quantitative estimate of drug-likeness (QED) is 0.476. The minimum Gasteiger partial charge on any atom is -0.488 e. The highest BCUT2D eigenvalue weighted by molar-refractivity contribution is 6.35. The topological polar surface area (TPSA) is 137 Å². The first-order valence-corrected chi connectivity index (χ1v) is 13.8. The van der Waals surface area contributed by atoms with E-state index < -0.39 is 41.8 Å². The molecule has 2 fully saturated rings. The van der Waals surface area contributed by atoms with Crippen LogP contribution in [0.25, 0.3) is 10.9 Å². The molecule has 11 nitrogen and oxygen atoms in total. The molecule has 1 aromatic carbocycles.